The predicted octanol–water partition coefficient (Wildman–Crippen LogP) is 2.56. The largest absolute Gasteiger partial charge is 0.573 e. The van der Waals surface area contributed by atoms with Crippen LogP contribution in [0.2, 0.25) is 0 Å². The fourth-order valence-electron chi connectivity index (χ4n) is 3.75. The second-order valence-corrected chi connectivity index (χ2v) is 7.80. The normalized spacial score (nSPS) is 18.8. The van der Waals surface area contributed by atoms with Gasteiger partial charge in [-0.2, -0.15) is 0 Å². The van der Waals surface area contributed by atoms with Crippen molar-refractivity contribution in [1.82, 2.24) is 20.4 Å². The molecule has 1 aliphatic heterocycles. The first-order chi connectivity index (χ1) is 15.2. The highest BCUT2D eigenvalue weighted by Crippen LogP contribution is 2.32. The smallest absolute Gasteiger partial charge is 0.406 e. The van der Waals surface area contributed by atoms with E-state index in [2.05, 4.69) is 15.4 Å². The van der Waals surface area contributed by atoms with Crippen LogP contribution in [-0.4, -0.2) is 71.7 Å². The van der Waals surface area contributed by atoms with Crippen molar-refractivity contribution in [2.45, 2.75) is 50.7 Å². The highest BCUT2D eigenvalue weighted by atomic mass is 19.4. The molecule has 1 heterocycles. The minimum Gasteiger partial charge on any atom is -0.406 e. The van der Waals surface area contributed by atoms with Crippen LogP contribution in [0.4, 0.5) is 27.2 Å². The zero-order valence-corrected chi connectivity index (χ0v) is 17.3. The number of aliphatic hydroxyl groups excluding tert-OH is 1. The molecule has 1 aromatic rings. The summed E-state index contributed by atoms with van der Waals surface area (Å²) in [6.07, 6.45) is -1.83. The monoisotopic (exact) mass is 462 g/mol. The third kappa shape index (κ3) is 6.62. The Morgan fingerprint density at radius 2 is 1.94 bits per heavy atom. The van der Waals surface area contributed by atoms with Gasteiger partial charge in [-0.15, -0.1) is 13.2 Å². The lowest BCUT2D eigenvalue weighted by atomic mass is 10.0. The van der Waals surface area contributed by atoms with Gasteiger partial charge in [0.2, 0.25) is 0 Å². The van der Waals surface area contributed by atoms with Crippen molar-refractivity contribution in [3.63, 3.8) is 0 Å². The number of piperidine rings is 1. The van der Waals surface area contributed by atoms with E-state index in [4.69, 9.17) is 5.11 Å². The maximum atomic E-state index is 14.2. The molecule has 1 aliphatic carbocycles. The SMILES string of the molecule is O=C(NCCO)N1CCCC(N(C(=O)NCc2ccc(OC(F)(F)F)cc2F)C2CC2)C1. The second kappa shape index (κ2) is 10.2. The molecule has 8 nitrogen and oxygen atoms in total. The molecule has 3 rings (SSSR count). The minimum atomic E-state index is -4.92. The van der Waals surface area contributed by atoms with Gasteiger partial charge in [-0.25, -0.2) is 14.0 Å². The van der Waals surface area contributed by atoms with Crippen molar-refractivity contribution in [3.05, 3.63) is 29.6 Å². The number of ether oxygens (including phenoxy) is 1. The number of aliphatic hydroxyl groups is 1. The Kier molecular flexibility index (Phi) is 7.64. The molecule has 0 spiro atoms. The van der Waals surface area contributed by atoms with Crippen LogP contribution in [0.3, 0.4) is 0 Å². The fraction of sp³-hybridized carbons (Fsp3) is 0.600. The van der Waals surface area contributed by atoms with Gasteiger partial charge in [0.1, 0.15) is 11.6 Å². The first-order valence-electron chi connectivity index (χ1n) is 10.4. The van der Waals surface area contributed by atoms with Crippen LogP contribution >= 0.6 is 0 Å². The van der Waals surface area contributed by atoms with Gasteiger partial charge in [-0.1, -0.05) is 6.07 Å². The molecule has 3 N–H and O–H groups in total. The van der Waals surface area contributed by atoms with Crippen LogP contribution in [0.1, 0.15) is 31.2 Å². The summed E-state index contributed by atoms with van der Waals surface area (Å²) in [7, 11) is 0. The zero-order chi connectivity index (χ0) is 23.3. The molecule has 4 amide bonds. The van der Waals surface area contributed by atoms with E-state index in [1.54, 1.807) is 9.80 Å². The summed E-state index contributed by atoms with van der Waals surface area (Å²) in [5.74, 6) is -1.60. The lowest BCUT2D eigenvalue weighted by Gasteiger charge is -2.39. The first kappa shape index (κ1) is 23.9. The Hall–Kier alpha value is -2.76. The summed E-state index contributed by atoms with van der Waals surface area (Å²) >= 11 is 0. The standard InChI is InChI=1S/C20H26F4N4O4/c21-17-10-16(32-20(22,23)24)6-3-13(17)11-26-19(31)28(14-4-5-14)15-2-1-8-27(12-15)18(30)25-7-9-29/h3,6,10,14-15,29H,1-2,4-5,7-9,11-12H2,(H,25,30)(H,26,31). The van der Waals surface area contributed by atoms with Crippen LogP contribution in [0.5, 0.6) is 5.75 Å². The van der Waals surface area contributed by atoms with E-state index in [9.17, 15) is 27.2 Å². The van der Waals surface area contributed by atoms with Gasteiger partial charge in [0.25, 0.3) is 0 Å². The average molecular weight is 462 g/mol. The Labute approximate surface area is 182 Å². The van der Waals surface area contributed by atoms with Gasteiger partial charge in [0.05, 0.1) is 12.6 Å². The molecular formula is C20H26F4N4O4. The number of hydrogen-bond donors (Lipinski definition) is 3. The summed E-state index contributed by atoms with van der Waals surface area (Å²) in [6.45, 7) is 0.669. The third-order valence-electron chi connectivity index (χ3n) is 5.33. The number of nitrogens with zero attached hydrogens (tertiary/aromatic N) is 2. The van der Waals surface area contributed by atoms with Gasteiger partial charge in [-0.05, 0) is 31.7 Å². The highest BCUT2D eigenvalue weighted by Gasteiger charge is 2.39. The van der Waals surface area contributed by atoms with Crippen molar-refractivity contribution in [3.8, 4) is 5.75 Å². The van der Waals surface area contributed by atoms with Crippen LogP contribution in [-0.2, 0) is 6.54 Å². The quantitative estimate of drug-likeness (QED) is 0.543. The van der Waals surface area contributed by atoms with E-state index in [-0.39, 0.29) is 43.4 Å². The molecule has 0 bridgehead atoms. The number of carbonyl (C=O) groups excluding carboxylic acids is 2. The number of carbonyl (C=O) groups is 2. The summed E-state index contributed by atoms with van der Waals surface area (Å²) in [5, 5.41) is 14.1. The summed E-state index contributed by atoms with van der Waals surface area (Å²) in [6, 6.07) is 1.86. The second-order valence-electron chi connectivity index (χ2n) is 7.80. The Bertz CT molecular complexity index is 819. The van der Waals surface area contributed by atoms with Crippen molar-refractivity contribution in [2.75, 3.05) is 26.2 Å². The van der Waals surface area contributed by atoms with Crippen LogP contribution in [0.25, 0.3) is 0 Å². The van der Waals surface area contributed by atoms with Gasteiger partial charge < -0.3 is 30.3 Å². The Balaban J connectivity index is 1.59. The molecule has 0 radical (unpaired) electrons. The minimum absolute atomic E-state index is 0.0253. The van der Waals surface area contributed by atoms with Crippen molar-refractivity contribution >= 4 is 12.1 Å². The molecule has 178 valence electrons. The maximum absolute atomic E-state index is 14.2. The van der Waals surface area contributed by atoms with Gasteiger partial charge >= 0.3 is 18.4 Å². The molecule has 1 atom stereocenters. The lowest BCUT2D eigenvalue weighted by molar-refractivity contribution is -0.274. The summed E-state index contributed by atoms with van der Waals surface area (Å²) < 4.78 is 54.7. The number of rotatable bonds is 7. The molecule has 32 heavy (non-hydrogen) atoms. The van der Waals surface area contributed by atoms with Crippen molar-refractivity contribution < 1.29 is 37.0 Å². The van der Waals surface area contributed by atoms with E-state index >= 15 is 0 Å². The van der Waals surface area contributed by atoms with Crippen LogP contribution in [0, 0.1) is 5.82 Å². The molecule has 2 aliphatic rings. The highest BCUT2D eigenvalue weighted by molar-refractivity contribution is 5.76. The number of halogens is 4. The van der Waals surface area contributed by atoms with E-state index in [0.29, 0.717) is 32.0 Å². The number of likely N-dealkylation sites (tertiary alicyclic amines) is 1. The van der Waals surface area contributed by atoms with E-state index < -0.39 is 24.0 Å². The number of alkyl halides is 3. The molecule has 0 aromatic heterocycles. The predicted molar refractivity (Wildman–Crippen MR) is 105 cm³/mol. The molecule has 1 saturated heterocycles. The number of hydrogen-bond acceptors (Lipinski definition) is 4. The topological polar surface area (TPSA) is 94.1 Å². The third-order valence-corrected chi connectivity index (χ3v) is 5.33. The number of amides is 4. The van der Waals surface area contributed by atoms with Crippen LogP contribution in [0.15, 0.2) is 18.2 Å². The lowest BCUT2D eigenvalue weighted by Crippen LogP contribution is -2.56. The Morgan fingerprint density at radius 3 is 2.56 bits per heavy atom. The molecular weight excluding hydrogens is 436 g/mol. The zero-order valence-electron chi connectivity index (χ0n) is 17.3. The van der Waals surface area contributed by atoms with E-state index in [0.717, 1.165) is 25.0 Å². The molecule has 1 unspecified atom stereocenters. The van der Waals surface area contributed by atoms with E-state index in [1.807, 2.05) is 0 Å². The average Bonchev–Trinajstić information content (AvgIpc) is 3.55. The van der Waals surface area contributed by atoms with Crippen LogP contribution < -0.4 is 15.4 Å². The summed E-state index contributed by atoms with van der Waals surface area (Å²) in [5.41, 5.74) is 0.0253. The summed E-state index contributed by atoms with van der Waals surface area (Å²) in [4.78, 5) is 28.4. The Morgan fingerprint density at radius 1 is 1.19 bits per heavy atom. The number of urea groups is 2. The van der Waals surface area contributed by atoms with Crippen molar-refractivity contribution in [1.29, 1.82) is 0 Å². The number of benzene rings is 1. The molecule has 1 aromatic carbocycles. The molecule has 2 fully saturated rings. The molecule has 12 heteroatoms. The molecule has 1 saturated carbocycles. The first-order valence-corrected chi connectivity index (χ1v) is 10.4. The van der Waals surface area contributed by atoms with Gasteiger partial charge in [0.15, 0.2) is 0 Å². The fourth-order valence-corrected chi connectivity index (χ4v) is 3.75. The van der Waals surface area contributed by atoms with Crippen molar-refractivity contribution in [2.24, 2.45) is 0 Å². The van der Waals surface area contributed by atoms with Gasteiger partial charge in [-0.3, -0.25) is 0 Å². The maximum Gasteiger partial charge on any atom is 0.573 e. The van der Waals surface area contributed by atoms with Gasteiger partial charge in [0, 0.05) is 43.9 Å². The van der Waals surface area contributed by atoms with E-state index in [1.165, 1.54) is 0 Å². The number of nitrogens with one attached hydrogen (secondary N) is 2.